The third-order valence-corrected chi connectivity index (χ3v) is 2.29. The van der Waals surface area contributed by atoms with E-state index in [9.17, 15) is 4.79 Å². The Hall–Kier alpha value is -0.960. The standard InChI is InChI=1S/C8H5O2S/c1-11-6-4-2-3-5-7(6)10-8(5)9/h2,4H,1H3. The zero-order chi connectivity index (χ0) is 7.84. The minimum atomic E-state index is -0.268. The fourth-order valence-electron chi connectivity index (χ4n) is 0.976. The van der Waals surface area contributed by atoms with Gasteiger partial charge in [-0.1, -0.05) is 6.07 Å². The van der Waals surface area contributed by atoms with E-state index >= 15 is 0 Å². The van der Waals surface area contributed by atoms with Gasteiger partial charge in [-0.25, -0.2) is 4.79 Å². The molecule has 0 amide bonds. The van der Waals surface area contributed by atoms with E-state index in [2.05, 4.69) is 6.07 Å². The Labute approximate surface area is 68.6 Å². The van der Waals surface area contributed by atoms with Crippen molar-refractivity contribution in [1.82, 2.24) is 0 Å². The summed E-state index contributed by atoms with van der Waals surface area (Å²) in [6.07, 6.45) is 1.95. The summed E-state index contributed by atoms with van der Waals surface area (Å²) < 4.78 is 4.82. The summed E-state index contributed by atoms with van der Waals surface area (Å²) in [5.74, 6) is 0.418. The van der Waals surface area contributed by atoms with Crippen molar-refractivity contribution in [3.05, 3.63) is 23.8 Å². The van der Waals surface area contributed by atoms with Crippen LogP contribution >= 0.6 is 11.8 Å². The number of carbonyl (C=O) groups is 1. The van der Waals surface area contributed by atoms with E-state index in [1.807, 2.05) is 12.3 Å². The summed E-state index contributed by atoms with van der Waals surface area (Å²) in [4.78, 5) is 11.7. The highest BCUT2D eigenvalue weighted by Crippen LogP contribution is 2.37. The number of esters is 1. The maximum atomic E-state index is 10.7. The Bertz CT molecular complexity index is 320. The minimum absolute atomic E-state index is 0.268. The molecule has 1 heterocycles. The van der Waals surface area contributed by atoms with Crippen molar-refractivity contribution >= 4 is 17.7 Å². The first kappa shape index (κ1) is 6.73. The van der Waals surface area contributed by atoms with Gasteiger partial charge < -0.3 is 4.74 Å². The first-order valence-electron chi connectivity index (χ1n) is 3.14. The van der Waals surface area contributed by atoms with E-state index < -0.39 is 0 Å². The second kappa shape index (κ2) is 2.27. The van der Waals surface area contributed by atoms with Crippen LogP contribution in [-0.4, -0.2) is 12.2 Å². The zero-order valence-corrected chi connectivity index (χ0v) is 6.70. The van der Waals surface area contributed by atoms with Gasteiger partial charge in [0.25, 0.3) is 0 Å². The quantitative estimate of drug-likeness (QED) is 0.468. The van der Waals surface area contributed by atoms with Crippen molar-refractivity contribution in [1.29, 1.82) is 0 Å². The van der Waals surface area contributed by atoms with Crippen molar-refractivity contribution in [2.24, 2.45) is 0 Å². The Balaban J connectivity index is 2.55. The van der Waals surface area contributed by atoms with Crippen LogP contribution in [0.15, 0.2) is 17.0 Å². The fraction of sp³-hybridized carbons (Fsp3) is 0.125. The lowest BCUT2D eigenvalue weighted by atomic mass is 10.1. The smallest absolute Gasteiger partial charge is 0.348 e. The Kier molecular flexibility index (Phi) is 1.39. The average molecular weight is 165 g/mol. The summed E-state index contributed by atoms with van der Waals surface area (Å²) in [5, 5.41) is 0. The number of thioether (sulfide) groups is 1. The van der Waals surface area contributed by atoms with Gasteiger partial charge >= 0.3 is 5.97 Å². The molecule has 1 radical (unpaired) electrons. The second-order valence-corrected chi connectivity index (χ2v) is 2.99. The van der Waals surface area contributed by atoms with E-state index in [0.717, 1.165) is 4.90 Å². The molecule has 0 atom stereocenters. The number of rotatable bonds is 1. The lowest BCUT2D eigenvalue weighted by Gasteiger charge is -2.18. The first-order chi connectivity index (χ1) is 5.33. The van der Waals surface area contributed by atoms with Crippen LogP contribution in [0.3, 0.4) is 0 Å². The lowest BCUT2D eigenvalue weighted by molar-refractivity contribution is 0.0650. The van der Waals surface area contributed by atoms with Crippen LogP contribution in [-0.2, 0) is 0 Å². The van der Waals surface area contributed by atoms with E-state index in [4.69, 9.17) is 4.74 Å². The van der Waals surface area contributed by atoms with Crippen molar-refractivity contribution in [2.45, 2.75) is 4.90 Å². The zero-order valence-electron chi connectivity index (χ0n) is 5.88. The van der Waals surface area contributed by atoms with Crippen molar-refractivity contribution in [2.75, 3.05) is 6.26 Å². The van der Waals surface area contributed by atoms with Crippen LogP contribution in [0.2, 0.25) is 0 Å². The van der Waals surface area contributed by atoms with Crippen LogP contribution < -0.4 is 4.74 Å². The Morgan fingerprint density at radius 1 is 1.64 bits per heavy atom. The summed E-state index contributed by atoms with van der Waals surface area (Å²) in [7, 11) is 0. The molecule has 1 aromatic rings. The monoisotopic (exact) mass is 165 g/mol. The highest BCUT2D eigenvalue weighted by Gasteiger charge is 2.28. The molecular weight excluding hydrogens is 160 g/mol. The Morgan fingerprint density at radius 3 is 3.09 bits per heavy atom. The third-order valence-electron chi connectivity index (χ3n) is 1.53. The molecule has 55 valence electrons. The number of carbonyl (C=O) groups excluding carboxylic acids is 1. The molecule has 0 bridgehead atoms. The molecule has 1 aliphatic heterocycles. The summed E-state index contributed by atoms with van der Waals surface area (Å²) in [6, 6.07) is 6.45. The summed E-state index contributed by atoms with van der Waals surface area (Å²) in [5.41, 5.74) is 0.580. The number of benzene rings is 1. The van der Waals surface area contributed by atoms with Crippen molar-refractivity contribution in [3.63, 3.8) is 0 Å². The summed E-state index contributed by atoms with van der Waals surface area (Å²) in [6.45, 7) is 0. The SMILES string of the molecule is CSc1cc[c]c2c1OC2=O. The average Bonchev–Trinajstić information content (AvgIpc) is 2.03. The maximum Gasteiger partial charge on any atom is 0.348 e. The molecule has 0 N–H and O–H groups in total. The second-order valence-electron chi connectivity index (χ2n) is 2.14. The molecule has 2 rings (SSSR count). The largest absolute Gasteiger partial charge is 0.421 e. The van der Waals surface area contributed by atoms with E-state index in [1.54, 1.807) is 17.8 Å². The Morgan fingerprint density at radius 2 is 2.45 bits per heavy atom. The molecule has 3 heteroatoms. The minimum Gasteiger partial charge on any atom is -0.421 e. The first-order valence-corrected chi connectivity index (χ1v) is 4.36. The molecular formula is C8H5O2S. The van der Waals surface area contributed by atoms with E-state index in [0.29, 0.717) is 11.3 Å². The molecule has 0 spiro atoms. The topological polar surface area (TPSA) is 26.3 Å². The van der Waals surface area contributed by atoms with Gasteiger partial charge in [0, 0.05) is 6.07 Å². The molecule has 0 unspecified atom stereocenters. The number of hydrogen-bond acceptors (Lipinski definition) is 3. The van der Waals surface area contributed by atoms with Gasteiger partial charge in [0.05, 0.1) is 4.90 Å². The van der Waals surface area contributed by atoms with Gasteiger partial charge in [-0.15, -0.1) is 11.8 Å². The van der Waals surface area contributed by atoms with Gasteiger partial charge in [-0.2, -0.15) is 0 Å². The van der Waals surface area contributed by atoms with Gasteiger partial charge in [-0.05, 0) is 12.3 Å². The van der Waals surface area contributed by atoms with Gasteiger partial charge in [0.2, 0.25) is 0 Å². The summed E-state index contributed by atoms with van der Waals surface area (Å²) >= 11 is 1.57. The van der Waals surface area contributed by atoms with Crippen molar-refractivity contribution < 1.29 is 9.53 Å². The van der Waals surface area contributed by atoms with E-state index in [1.165, 1.54) is 0 Å². The lowest BCUT2D eigenvalue weighted by Crippen LogP contribution is -2.21. The van der Waals surface area contributed by atoms with Gasteiger partial charge in [0.15, 0.2) is 5.75 Å². The molecule has 1 aliphatic rings. The molecule has 0 fully saturated rings. The van der Waals surface area contributed by atoms with Gasteiger partial charge in [0.1, 0.15) is 5.56 Å². The highest BCUT2D eigenvalue weighted by molar-refractivity contribution is 7.98. The van der Waals surface area contributed by atoms with Crippen LogP contribution in [0, 0.1) is 6.07 Å². The molecule has 0 aliphatic carbocycles. The molecule has 0 saturated carbocycles. The molecule has 0 saturated heterocycles. The van der Waals surface area contributed by atoms with Crippen LogP contribution in [0.25, 0.3) is 0 Å². The molecule has 0 aromatic heterocycles. The van der Waals surface area contributed by atoms with Crippen molar-refractivity contribution in [3.8, 4) is 5.75 Å². The normalized spacial score (nSPS) is 13.4. The number of fused-ring (bicyclic) bond motifs is 1. The predicted molar refractivity (Wildman–Crippen MR) is 42.0 cm³/mol. The molecule has 1 aromatic carbocycles. The molecule has 2 nitrogen and oxygen atoms in total. The number of hydrogen-bond donors (Lipinski definition) is 0. The molecule has 11 heavy (non-hydrogen) atoms. The fourth-order valence-corrected chi connectivity index (χ4v) is 1.51. The van der Waals surface area contributed by atoms with Crippen LogP contribution in [0.1, 0.15) is 10.4 Å². The van der Waals surface area contributed by atoms with Gasteiger partial charge in [-0.3, -0.25) is 0 Å². The highest BCUT2D eigenvalue weighted by atomic mass is 32.2. The number of ether oxygens (including phenoxy) is 1. The van der Waals surface area contributed by atoms with E-state index in [-0.39, 0.29) is 5.97 Å². The van der Waals surface area contributed by atoms with Crippen LogP contribution in [0.5, 0.6) is 5.75 Å². The predicted octanol–water partition coefficient (Wildman–Crippen LogP) is 1.74. The van der Waals surface area contributed by atoms with Crippen LogP contribution in [0.4, 0.5) is 0 Å². The third kappa shape index (κ3) is 0.844. The maximum absolute atomic E-state index is 10.7.